The summed E-state index contributed by atoms with van der Waals surface area (Å²) in [4.78, 5) is 0. The third kappa shape index (κ3) is 7.02. The molecular formula is C14H19ClF3NO2. The first kappa shape index (κ1) is 18.1. The Morgan fingerprint density at radius 1 is 1.33 bits per heavy atom. The van der Waals surface area contributed by atoms with E-state index < -0.39 is 12.8 Å². The fourth-order valence-electron chi connectivity index (χ4n) is 1.97. The molecule has 1 unspecified atom stereocenters. The second kappa shape index (κ2) is 8.46. The van der Waals surface area contributed by atoms with Crippen LogP contribution in [0.2, 0.25) is 5.02 Å². The Labute approximate surface area is 127 Å². The number of rotatable bonds is 8. The summed E-state index contributed by atoms with van der Waals surface area (Å²) in [6.45, 7) is 1.22. The van der Waals surface area contributed by atoms with Gasteiger partial charge in [-0.05, 0) is 36.7 Å². The van der Waals surface area contributed by atoms with E-state index in [9.17, 15) is 13.2 Å². The molecule has 0 bridgehead atoms. The average molecular weight is 326 g/mol. The third-order valence-corrected chi connectivity index (χ3v) is 3.02. The topological polar surface area (TPSA) is 30.5 Å². The first-order chi connectivity index (χ1) is 9.85. The number of likely N-dealkylation sites (N-methyl/N-ethyl adjacent to an activating group) is 1. The molecule has 0 saturated heterocycles. The van der Waals surface area contributed by atoms with E-state index in [4.69, 9.17) is 21.1 Å². The summed E-state index contributed by atoms with van der Waals surface area (Å²) in [7, 11) is 1.54. The number of ether oxygens (including phenoxy) is 2. The number of hydrogen-bond acceptors (Lipinski definition) is 3. The molecule has 0 amide bonds. The summed E-state index contributed by atoms with van der Waals surface area (Å²) in [6, 6.07) is 4.93. The Balaban J connectivity index is 2.67. The van der Waals surface area contributed by atoms with E-state index in [0.29, 0.717) is 23.7 Å². The predicted octanol–water partition coefficient (Wildman–Crippen LogP) is 3.45. The van der Waals surface area contributed by atoms with Crippen LogP contribution in [0, 0.1) is 0 Å². The van der Waals surface area contributed by atoms with Gasteiger partial charge in [-0.1, -0.05) is 18.5 Å². The molecule has 7 heteroatoms. The van der Waals surface area contributed by atoms with Gasteiger partial charge in [-0.25, -0.2) is 0 Å². The van der Waals surface area contributed by atoms with Crippen LogP contribution in [0.15, 0.2) is 18.2 Å². The van der Waals surface area contributed by atoms with Crippen LogP contribution >= 0.6 is 11.6 Å². The van der Waals surface area contributed by atoms with Crippen molar-refractivity contribution in [2.75, 3.05) is 26.9 Å². The van der Waals surface area contributed by atoms with Crippen LogP contribution in [-0.2, 0) is 11.2 Å². The van der Waals surface area contributed by atoms with Crippen LogP contribution in [0.5, 0.6) is 5.75 Å². The third-order valence-electron chi connectivity index (χ3n) is 2.79. The summed E-state index contributed by atoms with van der Waals surface area (Å²) in [5, 5.41) is 3.65. The summed E-state index contributed by atoms with van der Waals surface area (Å²) >= 11 is 5.94. The van der Waals surface area contributed by atoms with Gasteiger partial charge in [0.1, 0.15) is 12.4 Å². The van der Waals surface area contributed by atoms with Crippen LogP contribution in [-0.4, -0.2) is 39.1 Å². The van der Waals surface area contributed by atoms with Gasteiger partial charge in [0.15, 0.2) is 0 Å². The highest BCUT2D eigenvalue weighted by atomic mass is 35.5. The van der Waals surface area contributed by atoms with E-state index in [1.54, 1.807) is 18.2 Å². The molecule has 3 nitrogen and oxygen atoms in total. The summed E-state index contributed by atoms with van der Waals surface area (Å²) in [5.41, 5.74) is 0.826. The Kier molecular flexibility index (Phi) is 7.28. The Morgan fingerprint density at radius 2 is 2.05 bits per heavy atom. The number of methoxy groups -OCH3 is 1. The fourth-order valence-corrected chi connectivity index (χ4v) is 2.16. The number of benzene rings is 1. The average Bonchev–Trinajstić information content (AvgIpc) is 2.37. The van der Waals surface area contributed by atoms with Gasteiger partial charge < -0.3 is 14.8 Å². The van der Waals surface area contributed by atoms with E-state index in [1.165, 1.54) is 7.11 Å². The zero-order valence-corrected chi connectivity index (χ0v) is 12.7. The summed E-state index contributed by atoms with van der Waals surface area (Å²) in [5.74, 6) is 0.651. The molecule has 1 aromatic carbocycles. The van der Waals surface area contributed by atoms with E-state index in [1.807, 2.05) is 6.92 Å². The van der Waals surface area contributed by atoms with Gasteiger partial charge in [-0.3, -0.25) is 0 Å². The van der Waals surface area contributed by atoms with Crippen molar-refractivity contribution in [3.8, 4) is 5.75 Å². The molecule has 0 aliphatic rings. The zero-order valence-electron chi connectivity index (χ0n) is 12.0. The van der Waals surface area contributed by atoms with Gasteiger partial charge >= 0.3 is 6.18 Å². The highest BCUT2D eigenvalue weighted by Gasteiger charge is 2.28. The maximum absolute atomic E-state index is 12.1. The van der Waals surface area contributed by atoms with Crippen LogP contribution in [0.4, 0.5) is 13.2 Å². The molecule has 1 rings (SSSR count). The molecule has 0 heterocycles. The second-order valence-corrected chi connectivity index (χ2v) is 4.98. The van der Waals surface area contributed by atoms with Crippen LogP contribution in [0.1, 0.15) is 12.5 Å². The number of halogens is 4. The van der Waals surface area contributed by atoms with Crippen molar-refractivity contribution in [1.29, 1.82) is 0 Å². The molecule has 0 aromatic heterocycles. The van der Waals surface area contributed by atoms with Gasteiger partial charge in [0, 0.05) is 11.1 Å². The minimum Gasteiger partial charge on any atom is -0.496 e. The maximum atomic E-state index is 12.1. The lowest BCUT2D eigenvalue weighted by Crippen LogP contribution is -2.36. The molecule has 0 radical (unpaired) electrons. The van der Waals surface area contributed by atoms with Crippen molar-refractivity contribution in [3.05, 3.63) is 28.8 Å². The quantitative estimate of drug-likeness (QED) is 0.794. The molecule has 1 N–H and O–H groups in total. The zero-order chi connectivity index (χ0) is 15.9. The van der Waals surface area contributed by atoms with E-state index >= 15 is 0 Å². The molecule has 0 spiro atoms. The maximum Gasteiger partial charge on any atom is 0.411 e. The first-order valence-corrected chi connectivity index (χ1v) is 6.93. The molecular weight excluding hydrogens is 307 g/mol. The molecule has 1 atom stereocenters. The minimum atomic E-state index is -4.31. The van der Waals surface area contributed by atoms with Gasteiger partial charge in [0.25, 0.3) is 0 Å². The van der Waals surface area contributed by atoms with Gasteiger partial charge in [0.05, 0.1) is 13.7 Å². The molecule has 0 fully saturated rings. The highest BCUT2D eigenvalue weighted by Crippen LogP contribution is 2.24. The van der Waals surface area contributed by atoms with Crippen molar-refractivity contribution in [3.63, 3.8) is 0 Å². The van der Waals surface area contributed by atoms with Crippen LogP contribution in [0.25, 0.3) is 0 Å². The Bertz CT molecular complexity index is 441. The fraction of sp³-hybridized carbons (Fsp3) is 0.571. The highest BCUT2D eigenvalue weighted by molar-refractivity contribution is 6.30. The summed E-state index contributed by atoms with van der Waals surface area (Å²) in [6.07, 6.45) is -3.85. The predicted molar refractivity (Wildman–Crippen MR) is 76.0 cm³/mol. The minimum absolute atomic E-state index is 0.0387. The van der Waals surface area contributed by atoms with E-state index in [2.05, 4.69) is 5.32 Å². The van der Waals surface area contributed by atoms with Crippen molar-refractivity contribution in [1.82, 2.24) is 5.32 Å². The van der Waals surface area contributed by atoms with Crippen LogP contribution in [0.3, 0.4) is 0 Å². The van der Waals surface area contributed by atoms with Gasteiger partial charge in [0.2, 0.25) is 0 Å². The van der Waals surface area contributed by atoms with E-state index in [-0.39, 0.29) is 12.6 Å². The Hall–Kier alpha value is -0.980. The van der Waals surface area contributed by atoms with Crippen molar-refractivity contribution < 1.29 is 22.6 Å². The van der Waals surface area contributed by atoms with Crippen molar-refractivity contribution >= 4 is 11.6 Å². The van der Waals surface area contributed by atoms with Crippen molar-refractivity contribution in [2.24, 2.45) is 0 Å². The molecule has 1 aromatic rings. The second-order valence-electron chi connectivity index (χ2n) is 4.55. The lowest BCUT2D eigenvalue weighted by atomic mass is 10.1. The van der Waals surface area contributed by atoms with E-state index in [0.717, 1.165) is 5.56 Å². The monoisotopic (exact) mass is 325 g/mol. The molecule has 0 saturated carbocycles. The summed E-state index contributed by atoms with van der Waals surface area (Å²) < 4.78 is 46.3. The van der Waals surface area contributed by atoms with Crippen molar-refractivity contribution in [2.45, 2.75) is 25.6 Å². The molecule has 0 aliphatic carbocycles. The molecule has 0 aliphatic heterocycles. The first-order valence-electron chi connectivity index (χ1n) is 6.56. The lowest BCUT2D eigenvalue weighted by Gasteiger charge is -2.20. The SMILES string of the molecule is CCNC(COCC(F)(F)F)Cc1cc(Cl)ccc1OC. The van der Waals surface area contributed by atoms with Gasteiger partial charge in [-0.15, -0.1) is 0 Å². The number of hydrogen-bond donors (Lipinski definition) is 1. The normalized spacial score (nSPS) is 13.2. The Morgan fingerprint density at radius 3 is 2.62 bits per heavy atom. The van der Waals surface area contributed by atoms with Crippen LogP contribution < -0.4 is 10.1 Å². The number of nitrogens with one attached hydrogen (secondary N) is 1. The molecule has 120 valence electrons. The van der Waals surface area contributed by atoms with Gasteiger partial charge in [-0.2, -0.15) is 13.2 Å². The smallest absolute Gasteiger partial charge is 0.411 e. The number of alkyl halides is 3. The standard InChI is InChI=1S/C14H19ClF3NO2/c1-3-19-12(8-21-9-14(16,17)18)7-10-6-11(15)4-5-13(10)20-2/h4-6,12,19H,3,7-9H2,1-2H3. The largest absolute Gasteiger partial charge is 0.496 e. The lowest BCUT2D eigenvalue weighted by molar-refractivity contribution is -0.175. The molecule has 21 heavy (non-hydrogen) atoms.